The second-order valence-corrected chi connectivity index (χ2v) is 5.94. The molecule has 0 aromatic carbocycles. The van der Waals surface area contributed by atoms with Crippen LogP contribution in [0.2, 0.25) is 0 Å². The molecule has 0 fully saturated rings. The van der Waals surface area contributed by atoms with Crippen molar-refractivity contribution in [2.45, 2.75) is 33.8 Å². The minimum Gasteiger partial charge on any atom is -0.456 e. The molecule has 0 saturated carbocycles. The van der Waals surface area contributed by atoms with Gasteiger partial charge in [0.25, 0.3) is 0 Å². The lowest BCUT2D eigenvalue weighted by Crippen LogP contribution is -2.42. The van der Waals surface area contributed by atoms with Gasteiger partial charge >= 0.3 is 5.97 Å². The maximum Gasteiger partial charge on any atom is 0.311 e. The molecule has 0 aliphatic carbocycles. The maximum atomic E-state index is 11.5. The molecule has 84 valence electrons. The minimum absolute atomic E-state index is 0.0262. The van der Waals surface area contributed by atoms with E-state index in [1.165, 1.54) is 0 Å². The van der Waals surface area contributed by atoms with Gasteiger partial charge in [0.1, 0.15) is 12.6 Å². The summed E-state index contributed by atoms with van der Waals surface area (Å²) in [7, 11) is 6.25. The van der Waals surface area contributed by atoms with Gasteiger partial charge in [-0.25, -0.2) is 0 Å². The smallest absolute Gasteiger partial charge is 0.311 e. The second-order valence-electron chi connectivity index (χ2n) is 5.94. The highest BCUT2D eigenvalue weighted by molar-refractivity contribution is 5.75. The van der Waals surface area contributed by atoms with Gasteiger partial charge in [-0.1, -0.05) is 0 Å². The third-order valence-electron chi connectivity index (χ3n) is 1.73. The standard InChI is InChI=1S/C11H24NO2/c1-9(8-12(5,6)7)14-10(13)11(2,3)4/h9H,8H2,1-7H3/q+1. The number of nitrogens with zero attached hydrogens (tertiary/aromatic N) is 1. The highest BCUT2D eigenvalue weighted by Gasteiger charge is 2.26. The van der Waals surface area contributed by atoms with E-state index in [-0.39, 0.29) is 12.1 Å². The number of carbonyl (C=O) groups is 1. The molecule has 0 spiro atoms. The molecule has 0 aliphatic rings. The van der Waals surface area contributed by atoms with Crippen molar-refractivity contribution in [1.82, 2.24) is 0 Å². The van der Waals surface area contributed by atoms with Crippen LogP contribution in [0.1, 0.15) is 27.7 Å². The van der Waals surface area contributed by atoms with Crippen molar-refractivity contribution in [2.75, 3.05) is 27.7 Å². The fourth-order valence-electron chi connectivity index (χ4n) is 1.17. The molecule has 0 aromatic rings. The Hall–Kier alpha value is -0.570. The van der Waals surface area contributed by atoms with Crippen molar-refractivity contribution in [3.8, 4) is 0 Å². The third-order valence-corrected chi connectivity index (χ3v) is 1.73. The van der Waals surface area contributed by atoms with Gasteiger partial charge in [0.2, 0.25) is 0 Å². The first-order chi connectivity index (χ1) is 6.02. The highest BCUT2D eigenvalue weighted by Crippen LogP contribution is 2.16. The zero-order chi connectivity index (χ0) is 11.6. The van der Waals surface area contributed by atoms with Crippen LogP contribution in [-0.4, -0.2) is 44.2 Å². The van der Waals surface area contributed by atoms with E-state index >= 15 is 0 Å². The lowest BCUT2D eigenvalue weighted by atomic mass is 9.97. The van der Waals surface area contributed by atoms with E-state index in [2.05, 4.69) is 21.1 Å². The molecule has 0 aromatic heterocycles. The summed E-state index contributed by atoms with van der Waals surface area (Å²) in [5, 5.41) is 0. The molecule has 0 aliphatic heterocycles. The average molecular weight is 202 g/mol. The van der Waals surface area contributed by atoms with Gasteiger partial charge in [0.15, 0.2) is 0 Å². The first-order valence-electron chi connectivity index (χ1n) is 5.04. The van der Waals surface area contributed by atoms with Crippen molar-refractivity contribution >= 4 is 5.97 Å². The van der Waals surface area contributed by atoms with Crippen LogP contribution in [0.25, 0.3) is 0 Å². The van der Waals surface area contributed by atoms with Gasteiger partial charge < -0.3 is 9.22 Å². The fraction of sp³-hybridized carbons (Fsp3) is 0.909. The van der Waals surface area contributed by atoms with Crippen molar-refractivity contribution in [1.29, 1.82) is 0 Å². The molecular formula is C11H24NO2+. The molecule has 0 amide bonds. The number of likely N-dealkylation sites (N-methyl/N-ethyl adjacent to an activating group) is 1. The molecule has 0 heterocycles. The SMILES string of the molecule is CC(C[N+](C)(C)C)OC(=O)C(C)(C)C. The van der Waals surface area contributed by atoms with Gasteiger partial charge in [-0.3, -0.25) is 4.79 Å². The molecule has 3 nitrogen and oxygen atoms in total. The Bertz CT molecular complexity index is 198. The second kappa shape index (κ2) is 4.30. The first kappa shape index (κ1) is 13.4. The molecule has 1 atom stereocenters. The van der Waals surface area contributed by atoms with Crippen molar-refractivity contribution in [3.05, 3.63) is 0 Å². The average Bonchev–Trinajstić information content (AvgIpc) is 1.79. The predicted octanol–water partition coefficient (Wildman–Crippen LogP) is 1.67. The topological polar surface area (TPSA) is 26.3 Å². The number of rotatable bonds is 3. The summed E-state index contributed by atoms with van der Waals surface area (Å²) < 4.78 is 6.14. The molecule has 0 radical (unpaired) electrons. The van der Waals surface area contributed by atoms with E-state index in [9.17, 15) is 4.79 Å². The summed E-state index contributed by atoms with van der Waals surface area (Å²) in [4.78, 5) is 11.5. The zero-order valence-corrected chi connectivity index (χ0v) is 10.5. The van der Waals surface area contributed by atoms with E-state index in [0.717, 1.165) is 11.0 Å². The number of quaternary nitrogens is 1. The Balaban J connectivity index is 4.09. The van der Waals surface area contributed by atoms with Crippen LogP contribution in [0, 0.1) is 5.41 Å². The summed E-state index contributed by atoms with van der Waals surface area (Å²) in [6.45, 7) is 8.38. The minimum atomic E-state index is -0.404. The molecule has 0 rings (SSSR count). The van der Waals surface area contributed by atoms with Crippen LogP contribution in [-0.2, 0) is 9.53 Å². The Labute approximate surface area is 87.6 Å². The van der Waals surface area contributed by atoms with E-state index < -0.39 is 5.41 Å². The Morgan fingerprint density at radius 1 is 1.29 bits per heavy atom. The van der Waals surface area contributed by atoms with Gasteiger partial charge in [-0.2, -0.15) is 0 Å². The molecule has 1 unspecified atom stereocenters. The van der Waals surface area contributed by atoms with Crippen molar-refractivity contribution < 1.29 is 14.0 Å². The largest absolute Gasteiger partial charge is 0.456 e. The van der Waals surface area contributed by atoms with Gasteiger partial charge in [0, 0.05) is 0 Å². The fourth-order valence-corrected chi connectivity index (χ4v) is 1.17. The van der Waals surface area contributed by atoms with E-state index in [1.54, 1.807) is 0 Å². The molecule has 0 bridgehead atoms. The molecule has 0 N–H and O–H groups in total. The maximum absolute atomic E-state index is 11.5. The number of hydrogen-bond donors (Lipinski definition) is 0. The number of carbonyl (C=O) groups excluding carboxylic acids is 1. The summed E-state index contributed by atoms with van der Waals surface area (Å²) >= 11 is 0. The van der Waals surface area contributed by atoms with Crippen molar-refractivity contribution in [2.24, 2.45) is 5.41 Å². The predicted molar refractivity (Wildman–Crippen MR) is 57.9 cm³/mol. The lowest BCUT2D eigenvalue weighted by Gasteiger charge is -2.28. The quantitative estimate of drug-likeness (QED) is 0.514. The van der Waals surface area contributed by atoms with Crippen LogP contribution < -0.4 is 0 Å². The number of ether oxygens (including phenoxy) is 1. The monoisotopic (exact) mass is 202 g/mol. The molecule has 3 heteroatoms. The zero-order valence-electron chi connectivity index (χ0n) is 10.5. The summed E-state index contributed by atoms with van der Waals surface area (Å²) in [5.74, 6) is -0.126. The Kier molecular flexibility index (Phi) is 4.13. The molecule has 0 saturated heterocycles. The van der Waals surface area contributed by atoms with Crippen LogP contribution in [0.5, 0.6) is 0 Å². The van der Waals surface area contributed by atoms with Gasteiger partial charge in [0.05, 0.1) is 26.6 Å². The first-order valence-corrected chi connectivity index (χ1v) is 5.04. The van der Waals surface area contributed by atoms with E-state index in [4.69, 9.17) is 4.74 Å². The summed E-state index contributed by atoms with van der Waals surface area (Å²) in [6.07, 6.45) is -0.0262. The molecular weight excluding hydrogens is 178 g/mol. The summed E-state index contributed by atoms with van der Waals surface area (Å²) in [5.41, 5.74) is -0.404. The number of esters is 1. The third kappa shape index (κ3) is 5.97. The van der Waals surface area contributed by atoms with Crippen LogP contribution in [0.15, 0.2) is 0 Å². The summed E-state index contributed by atoms with van der Waals surface area (Å²) in [6, 6.07) is 0. The van der Waals surface area contributed by atoms with E-state index in [0.29, 0.717) is 0 Å². The normalized spacial score (nSPS) is 15.1. The van der Waals surface area contributed by atoms with Gasteiger partial charge in [-0.05, 0) is 27.7 Å². The Morgan fingerprint density at radius 2 is 1.71 bits per heavy atom. The number of hydrogen-bond acceptors (Lipinski definition) is 2. The van der Waals surface area contributed by atoms with Crippen LogP contribution >= 0.6 is 0 Å². The lowest BCUT2D eigenvalue weighted by molar-refractivity contribution is -0.873. The molecule has 14 heavy (non-hydrogen) atoms. The Morgan fingerprint density at radius 3 is 2.00 bits per heavy atom. The highest BCUT2D eigenvalue weighted by atomic mass is 16.5. The van der Waals surface area contributed by atoms with Crippen LogP contribution in [0.4, 0.5) is 0 Å². The van der Waals surface area contributed by atoms with E-state index in [1.807, 2.05) is 27.7 Å². The van der Waals surface area contributed by atoms with Gasteiger partial charge in [-0.15, -0.1) is 0 Å². The van der Waals surface area contributed by atoms with Crippen molar-refractivity contribution in [3.63, 3.8) is 0 Å². The van der Waals surface area contributed by atoms with Crippen LogP contribution in [0.3, 0.4) is 0 Å².